The van der Waals surface area contributed by atoms with E-state index in [1.54, 1.807) is 13.3 Å². The average Bonchev–Trinajstić information content (AvgIpc) is 3.63. The van der Waals surface area contributed by atoms with E-state index in [1.807, 2.05) is 44.3 Å². The zero-order valence-electron chi connectivity index (χ0n) is 20.3. The number of hydrogen-bond acceptors (Lipinski definition) is 6. The predicted octanol–water partition coefficient (Wildman–Crippen LogP) is 4.10. The largest absolute Gasteiger partial charge is 0.497 e. The third-order valence-corrected chi connectivity index (χ3v) is 7.26. The van der Waals surface area contributed by atoms with Gasteiger partial charge in [-0.3, -0.25) is 14.7 Å². The van der Waals surface area contributed by atoms with Crippen LogP contribution in [0.2, 0.25) is 0 Å². The van der Waals surface area contributed by atoms with Gasteiger partial charge in [-0.2, -0.15) is 0 Å². The molecule has 1 aromatic heterocycles. The zero-order chi connectivity index (χ0) is 23.9. The second-order valence-electron chi connectivity index (χ2n) is 9.43. The fourth-order valence-corrected chi connectivity index (χ4v) is 4.76. The van der Waals surface area contributed by atoms with Crippen LogP contribution in [0.5, 0.6) is 11.5 Å². The number of likely N-dealkylation sites (tertiary alicyclic amines) is 1. The summed E-state index contributed by atoms with van der Waals surface area (Å²) in [4.78, 5) is 20.3. The van der Waals surface area contributed by atoms with Crippen molar-refractivity contribution >= 4 is 22.5 Å². The first-order valence-corrected chi connectivity index (χ1v) is 11.9. The molecule has 7 nitrogen and oxygen atoms in total. The maximum absolute atomic E-state index is 13.6. The first kappa shape index (κ1) is 22.5. The number of rotatable bonds is 8. The molecule has 5 rings (SSSR count). The van der Waals surface area contributed by atoms with Gasteiger partial charge in [-0.05, 0) is 75.2 Å². The number of nitrogens with zero attached hydrogens (tertiary/aromatic N) is 2. The Balaban J connectivity index is 1.43. The summed E-state index contributed by atoms with van der Waals surface area (Å²) in [6.07, 6.45) is 4.66. The van der Waals surface area contributed by atoms with Gasteiger partial charge in [-0.15, -0.1) is 0 Å². The number of nitrogens with one attached hydrogen (secondary N) is 2. The lowest BCUT2D eigenvalue weighted by Crippen LogP contribution is -2.48. The van der Waals surface area contributed by atoms with Crippen molar-refractivity contribution in [1.82, 2.24) is 15.2 Å². The molecule has 34 heavy (non-hydrogen) atoms. The van der Waals surface area contributed by atoms with Crippen molar-refractivity contribution in [3.05, 3.63) is 59.3 Å². The third kappa shape index (κ3) is 4.05. The van der Waals surface area contributed by atoms with Gasteiger partial charge in [-0.1, -0.05) is 6.07 Å². The fourth-order valence-electron chi connectivity index (χ4n) is 4.76. The summed E-state index contributed by atoms with van der Waals surface area (Å²) in [7, 11) is 5.64. The summed E-state index contributed by atoms with van der Waals surface area (Å²) in [5.74, 6) is 1.36. The zero-order valence-corrected chi connectivity index (χ0v) is 20.3. The lowest BCUT2D eigenvalue weighted by molar-refractivity contribution is 0.0770. The summed E-state index contributed by atoms with van der Waals surface area (Å²) >= 11 is 0. The van der Waals surface area contributed by atoms with Crippen molar-refractivity contribution < 1.29 is 14.3 Å². The summed E-state index contributed by atoms with van der Waals surface area (Å²) in [5, 5.41) is 7.58. The van der Waals surface area contributed by atoms with E-state index in [-0.39, 0.29) is 5.91 Å². The van der Waals surface area contributed by atoms with Gasteiger partial charge in [0.2, 0.25) is 0 Å². The highest BCUT2D eigenvalue weighted by atomic mass is 16.5. The molecule has 1 amide bonds. The predicted molar refractivity (Wildman–Crippen MR) is 134 cm³/mol. The molecule has 1 aliphatic heterocycles. The molecule has 1 atom stereocenters. The van der Waals surface area contributed by atoms with Crippen LogP contribution in [0.1, 0.15) is 40.7 Å². The Kier molecular flexibility index (Phi) is 5.81. The van der Waals surface area contributed by atoms with E-state index < -0.39 is 5.54 Å². The minimum Gasteiger partial charge on any atom is -0.497 e. The summed E-state index contributed by atoms with van der Waals surface area (Å²) in [6, 6.07) is 12.2. The molecule has 7 heteroatoms. The van der Waals surface area contributed by atoms with Crippen LogP contribution in [0, 0.1) is 6.92 Å². The number of methoxy groups -OCH3 is 1. The normalized spacial score (nSPS) is 18.8. The summed E-state index contributed by atoms with van der Waals surface area (Å²) < 4.78 is 11.7. The minimum absolute atomic E-state index is 0.0943. The topological polar surface area (TPSA) is 75.7 Å². The van der Waals surface area contributed by atoms with Crippen LogP contribution in [0.15, 0.2) is 42.6 Å². The molecule has 1 saturated heterocycles. The van der Waals surface area contributed by atoms with Crippen molar-refractivity contribution in [1.29, 1.82) is 0 Å². The van der Waals surface area contributed by atoms with Gasteiger partial charge in [-0.25, -0.2) is 0 Å². The minimum atomic E-state index is -0.420. The SMILES string of the molecule is CNc1cc(C)c(C(=O)NC2(c3cc(OC)cc4ncccc34)CC2)cc1OC[C@@H]1CCN1C. The lowest BCUT2D eigenvalue weighted by atomic mass is 9.97. The number of aromatic nitrogens is 1. The molecule has 178 valence electrons. The number of hydrogen-bond donors (Lipinski definition) is 2. The Bertz CT molecular complexity index is 1240. The number of fused-ring (bicyclic) bond motifs is 1. The maximum Gasteiger partial charge on any atom is 0.252 e. The van der Waals surface area contributed by atoms with Crippen LogP contribution >= 0.6 is 0 Å². The van der Waals surface area contributed by atoms with Crippen LogP contribution in [-0.2, 0) is 5.54 Å². The molecular weight excluding hydrogens is 428 g/mol. The van der Waals surface area contributed by atoms with Crippen LogP contribution in [0.4, 0.5) is 5.69 Å². The molecule has 2 aliphatic rings. The standard InChI is InChI=1S/C27H32N4O3/c1-17-12-24(28-2)25(34-16-18-7-11-31(18)3)15-21(17)26(32)30-27(8-9-27)22-13-19(33-4)14-23-20(22)6-5-10-29-23/h5-6,10,12-15,18,28H,7-9,11,16H2,1-4H3,(H,30,32)/t18-/m0/s1. The van der Waals surface area contributed by atoms with E-state index >= 15 is 0 Å². The number of pyridine rings is 1. The van der Waals surface area contributed by atoms with Crippen molar-refractivity contribution in [3.8, 4) is 11.5 Å². The smallest absolute Gasteiger partial charge is 0.252 e. The second-order valence-corrected chi connectivity index (χ2v) is 9.43. The Labute approximate surface area is 200 Å². The van der Waals surface area contributed by atoms with E-state index in [1.165, 1.54) is 0 Å². The Morgan fingerprint density at radius 1 is 1.26 bits per heavy atom. The van der Waals surface area contributed by atoms with Crippen LogP contribution in [-0.4, -0.2) is 56.2 Å². The van der Waals surface area contributed by atoms with Gasteiger partial charge >= 0.3 is 0 Å². The van der Waals surface area contributed by atoms with Crippen molar-refractivity contribution in [2.75, 3.05) is 39.7 Å². The Hall–Kier alpha value is -3.32. The van der Waals surface area contributed by atoms with E-state index in [9.17, 15) is 4.79 Å². The van der Waals surface area contributed by atoms with Crippen molar-refractivity contribution in [2.45, 2.75) is 37.8 Å². The molecule has 2 N–H and O–H groups in total. The molecule has 2 heterocycles. The molecule has 3 aromatic rings. The number of carbonyl (C=O) groups excluding carboxylic acids is 1. The van der Waals surface area contributed by atoms with Crippen molar-refractivity contribution in [3.63, 3.8) is 0 Å². The molecule has 1 aliphatic carbocycles. The second kappa shape index (κ2) is 8.80. The number of ether oxygens (including phenoxy) is 2. The monoisotopic (exact) mass is 460 g/mol. The molecule has 1 saturated carbocycles. The quantitative estimate of drug-likeness (QED) is 0.527. The number of amides is 1. The van der Waals surface area contributed by atoms with Gasteiger partial charge in [0, 0.05) is 36.3 Å². The lowest BCUT2D eigenvalue weighted by Gasteiger charge is -2.37. The molecular formula is C27H32N4O3. The van der Waals surface area contributed by atoms with Gasteiger partial charge in [0.15, 0.2) is 0 Å². The highest BCUT2D eigenvalue weighted by Crippen LogP contribution is 2.49. The van der Waals surface area contributed by atoms with Gasteiger partial charge in [0.25, 0.3) is 5.91 Å². The molecule has 2 aromatic carbocycles. The number of aryl methyl sites for hydroxylation is 1. The molecule has 0 radical (unpaired) electrons. The number of anilines is 1. The Morgan fingerprint density at radius 2 is 2.09 bits per heavy atom. The number of likely N-dealkylation sites (N-methyl/N-ethyl adjacent to an activating group) is 1. The molecule has 2 fully saturated rings. The molecule has 0 spiro atoms. The summed E-state index contributed by atoms with van der Waals surface area (Å²) in [6.45, 7) is 3.68. The average molecular weight is 461 g/mol. The van der Waals surface area contributed by atoms with Gasteiger partial charge < -0.3 is 20.1 Å². The number of carbonyl (C=O) groups is 1. The molecule has 0 bridgehead atoms. The number of benzene rings is 2. The highest BCUT2D eigenvalue weighted by molar-refractivity contribution is 5.98. The van der Waals surface area contributed by atoms with Crippen molar-refractivity contribution in [2.24, 2.45) is 0 Å². The first-order chi connectivity index (χ1) is 16.4. The fraction of sp³-hybridized carbons (Fsp3) is 0.407. The maximum atomic E-state index is 13.6. The third-order valence-electron chi connectivity index (χ3n) is 7.26. The Morgan fingerprint density at radius 3 is 2.74 bits per heavy atom. The van der Waals surface area contributed by atoms with Crippen LogP contribution in [0.25, 0.3) is 10.9 Å². The van der Waals surface area contributed by atoms with E-state index in [4.69, 9.17) is 9.47 Å². The van der Waals surface area contributed by atoms with E-state index in [0.29, 0.717) is 24.0 Å². The van der Waals surface area contributed by atoms with Crippen LogP contribution in [0.3, 0.4) is 0 Å². The highest BCUT2D eigenvalue weighted by Gasteiger charge is 2.47. The van der Waals surface area contributed by atoms with E-state index in [2.05, 4.69) is 33.6 Å². The van der Waals surface area contributed by atoms with E-state index in [0.717, 1.165) is 59.3 Å². The first-order valence-electron chi connectivity index (χ1n) is 11.9. The van der Waals surface area contributed by atoms with Crippen LogP contribution < -0.4 is 20.1 Å². The van der Waals surface area contributed by atoms with Gasteiger partial charge in [0.05, 0.1) is 23.9 Å². The summed E-state index contributed by atoms with van der Waals surface area (Å²) in [5.41, 5.74) is 3.93. The molecule has 0 unspecified atom stereocenters. The van der Waals surface area contributed by atoms with Gasteiger partial charge in [0.1, 0.15) is 18.1 Å².